The van der Waals surface area contributed by atoms with Gasteiger partial charge in [0.15, 0.2) is 0 Å². The van der Waals surface area contributed by atoms with Crippen molar-refractivity contribution < 1.29 is 4.42 Å². The van der Waals surface area contributed by atoms with Gasteiger partial charge in [0.05, 0.1) is 6.04 Å². The topological polar surface area (TPSA) is 63.0 Å². The molecule has 14 heavy (non-hydrogen) atoms. The van der Waals surface area contributed by atoms with Crippen molar-refractivity contribution in [3.8, 4) is 0 Å². The van der Waals surface area contributed by atoms with E-state index >= 15 is 0 Å². The average molecular weight is 198 g/mol. The zero-order valence-electron chi connectivity index (χ0n) is 9.00. The molecule has 1 unspecified atom stereocenters. The lowest BCUT2D eigenvalue weighted by Crippen LogP contribution is -2.12. The van der Waals surface area contributed by atoms with E-state index in [1.807, 2.05) is 14.0 Å². The minimum atomic E-state index is 0.101. The molecule has 0 saturated heterocycles. The number of hydrogen-bond acceptors (Lipinski definition) is 5. The molecule has 0 radical (unpaired) electrons. The molecule has 1 heterocycles. The fraction of sp³-hybridized carbons (Fsp3) is 0.778. The molecule has 80 valence electrons. The molecular formula is C9H18N4O. The summed E-state index contributed by atoms with van der Waals surface area (Å²) in [5.41, 5.74) is 0. The van der Waals surface area contributed by atoms with Crippen molar-refractivity contribution in [2.24, 2.45) is 0 Å². The summed E-state index contributed by atoms with van der Waals surface area (Å²) < 4.78 is 5.39. The summed E-state index contributed by atoms with van der Waals surface area (Å²) in [4.78, 5) is 0. The molecule has 0 fully saturated rings. The Labute approximate surface area is 84.3 Å². The minimum Gasteiger partial charge on any atom is -0.406 e. The Morgan fingerprint density at radius 3 is 2.86 bits per heavy atom. The van der Waals surface area contributed by atoms with E-state index in [2.05, 4.69) is 27.8 Å². The molecule has 5 heteroatoms. The van der Waals surface area contributed by atoms with Crippen LogP contribution in [0, 0.1) is 0 Å². The Kier molecular flexibility index (Phi) is 4.39. The van der Waals surface area contributed by atoms with Gasteiger partial charge in [-0.1, -0.05) is 18.4 Å². The zero-order chi connectivity index (χ0) is 10.4. The maximum Gasteiger partial charge on any atom is 0.315 e. The zero-order valence-corrected chi connectivity index (χ0v) is 9.00. The van der Waals surface area contributed by atoms with Gasteiger partial charge < -0.3 is 15.1 Å². The second-order valence-electron chi connectivity index (χ2n) is 3.24. The summed E-state index contributed by atoms with van der Waals surface area (Å²) in [5.74, 6) is 0.617. The maximum atomic E-state index is 5.39. The number of anilines is 1. The molecule has 0 aliphatic heterocycles. The molecule has 1 rings (SSSR count). The third-order valence-electron chi connectivity index (χ3n) is 2.05. The van der Waals surface area contributed by atoms with Crippen LogP contribution in [0.2, 0.25) is 0 Å². The number of rotatable bonds is 6. The highest BCUT2D eigenvalue weighted by Crippen LogP contribution is 2.12. The lowest BCUT2D eigenvalue weighted by atomic mass is 10.3. The fourth-order valence-corrected chi connectivity index (χ4v) is 0.977. The van der Waals surface area contributed by atoms with Gasteiger partial charge in [0.25, 0.3) is 0 Å². The van der Waals surface area contributed by atoms with Gasteiger partial charge in [-0.25, -0.2) is 0 Å². The normalized spacial score (nSPS) is 12.8. The highest BCUT2D eigenvalue weighted by atomic mass is 16.4. The van der Waals surface area contributed by atoms with E-state index in [4.69, 9.17) is 4.42 Å². The highest BCUT2D eigenvalue weighted by Gasteiger charge is 2.10. The van der Waals surface area contributed by atoms with E-state index in [9.17, 15) is 0 Å². The minimum absolute atomic E-state index is 0.101. The van der Waals surface area contributed by atoms with E-state index in [1.54, 1.807) is 0 Å². The number of nitrogens with one attached hydrogen (secondary N) is 2. The molecule has 0 aliphatic carbocycles. The highest BCUT2D eigenvalue weighted by molar-refractivity contribution is 5.16. The first-order valence-electron chi connectivity index (χ1n) is 5.02. The summed E-state index contributed by atoms with van der Waals surface area (Å²) in [6.07, 6.45) is 2.26. The Bertz CT molecular complexity index is 261. The van der Waals surface area contributed by atoms with Gasteiger partial charge >= 0.3 is 6.01 Å². The van der Waals surface area contributed by atoms with Crippen LogP contribution < -0.4 is 10.6 Å². The van der Waals surface area contributed by atoms with Crippen LogP contribution in [0.4, 0.5) is 6.01 Å². The molecular weight excluding hydrogens is 180 g/mol. The molecule has 0 aromatic carbocycles. The quantitative estimate of drug-likeness (QED) is 0.679. The molecule has 0 saturated carbocycles. The fourth-order valence-electron chi connectivity index (χ4n) is 0.977. The molecule has 1 aromatic rings. The molecule has 1 atom stereocenters. The van der Waals surface area contributed by atoms with Gasteiger partial charge in [-0.15, -0.1) is 5.10 Å². The first kappa shape index (κ1) is 11.0. The Hall–Kier alpha value is -1.10. The molecule has 0 spiro atoms. The standard InChI is InChI=1S/C9H18N4O/c1-4-5-6-11-9-13-12-8(14-9)7(2)10-3/h7,10H,4-6H2,1-3H3,(H,11,13). The van der Waals surface area contributed by atoms with Crippen LogP contribution >= 0.6 is 0 Å². The van der Waals surface area contributed by atoms with E-state index in [0.717, 1.165) is 19.4 Å². The molecule has 0 bridgehead atoms. The average Bonchev–Trinajstić information content (AvgIpc) is 2.66. The van der Waals surface area contributed by atoms with E-state index in [0.29, 0.717) is 11.9 Å². The van der Waals surface area contributed by atoms with Crippen molar-refractivity contribution in [2.45, 2.75) is 32.7 Å². The Morgan fingerprint density at radius 1 is 1.43 bits per heavy atom. The predicted molar refractivity (Wildman–Crippen MR) is 55.2 cm³/mol. The Morgan fingerprint density at radius 2 is 2.21 bits per heavy atom. The number of aromatic nitrogens is 2. The third-order valence-corrected chi connectivity index (χ3v) is 2.05. The van der Waals surface area contributed by atoms with Crippen molar-refractivity contribution >= 4 is 6.01 Å². The van der Waals surface area contributed by atoms with Gasteiger partial charge in [-0.3, -0.25) is 0 Å². The summed E-state index contributed by atoms with van der Waals surface area (Å²) in [5, 5.41) is 13.9. The summed E-state index contributed by atoms with van der Waals surface area (Å²) in [6, 6.07) is 0.611. The number of nitrogens with zero attached hydrogens (tertiary/aromatic N) is 2. The van der Waals surface area contributed by atoms with Crippen LogP contribution in [-0.4, -0.2) is 23.8 Å². The van der Waals surface area contributed by atoms with Crippen molar-refractivity contribution in [3.05, 3.63) is 5.89 Å². The lowest BCUT2D eigenvalue weighted by Gasteiger charge is -2.02. The lowest BCUT2D eigenvalue weighted by molar-refractivity contribution is 0.441. The number of hydrogen-bond donors (Lipinski definition) is 2. The van der Waals surface area contributed by atoms with Crippen molar-refractivity contribution in [3.63, 3.8) is 0 Å². The summed E-state index contributed by atoms with van der Waals surface area (Å²) >= 11 is 0. The second kappa shape index (κ2) is 5.59. The van der Waals surface area contributed by atoms with E-state index in [1.165, 1.54) is 0 Å². The maximum absolute atomic E-state index is 5.39. The van der Waals surface area contributed by atoms with Crippen molar-refractivity contribution in [2.75, 3.05) is 18.9 Å². The second-order valence-corrected chi connectivity index (χ2v) is 3.24. The van der Waals surface area contributed by atoms with E-state index < -0.39 is 0 Å². The van der Waals surface area contributed by atoms with E-state index in [-0.39, 0.29) is 6.04 Å². The molecule has 1 aromatic heterocycles. The molecule has 0 amide bonds. The Balaban J connectivity index is 2.42. The number of unbranched alkanes of at least 4 members (excludes halogenated alkanes) is 1. The van der Waals surface area contributed by atoms with Crippen LogP contribution in [-0.2, 0) is 0 Å². The molecule has 2 N–H and O–H groups in total. The summed E-state index contributed by atoms with van der Waals surface area (Å²) in [6.45, 7) is 5.00. The SMILES string of the molecule is CCCCNc1nnc(C(C)NC)o1. The van der Waals surface area contributed by atoms with Gasteiger partial charge in [0.1, 0.15) is 0 Å². The first-order valence-corrected chi connectivity index (χ1v) is 5.02. The van der Waals surface area contributed by atoms with Crippen molar-refractivity contribution in [1.82, 2.24) is 15.5 Å². The largest absolute Gasteiger partial charge is 0.406 e. The van der Waals surface area contributed by atoms with Crippen LogP contribution in [0.3, 0.4) is 0 Å². The van der Waals surface area contributed by atoms with Gasteiger partial charge in [-0.2, -0.15) is 0 Å². The monoisotopic (exact) mass is 198 g/mol. The van der Waals surface area contributed by atoms with Crippen LogP contribution in [0.1, 0.15) is 38.6 Å². The van der Waals surface area contributed by atoms with Crippen LogP contribution in [0.5, 0.6) is 0 Å². The van der Waals surface area contributed by atoms with Gasteiger partial charge in [0.2, 0.25) is 5.89 Å². The van der Waals surface area contributed by atoms with Crippen molar-refractivity contribution in [1.29, 1.82) is 0 Å². The molecule has 5 nitrogen and oxygen atoms in total. The third kappa shape index (κ3) is 2.99. The smallest absolute Gasteiger partial charge is 0.315 e. The van der Waals surface area contributed by atoms with Crippen LogP contribution in [0.25, 0.3) is 0 Å². The predicted octanol–water partition coefficient (Wildman–Crippen LogP) is 1.56. The van der Waals surface area contributed by atoms with Gasteiger partial charge in [-0.05, 0) is 20.4 Å². The van der Waals surface area contributed by atoms with Gasteiger partial charge in [0, 0.05) is 6.54 Å². The van der Waals surface area contributed by atoms with Crippen LogP contribution in [0.15, 0.2) is 4.42 Å². The molecule has 0 aliphatic rings. The first-order chi connectivity index (χ1) is 6.77. The summed E-state index contributed by atoms with van der Waals surface area (Å²) in [7, 11) is 1.86.